The van der Waals surface area contributed by atoms with Crippen LogP contribution in [0.25, 0.3) is 10.1 Å². The molecule has 1 unspecified atom stereocenters. The highest BCUT2D eigenvalue weighted by molar-refractivity contribution is 7.19. The lowest BCUT2D eigenvalue weighted by Gasteiger charge is -2.42. The van der Waals surface area contributed by atoms with E-state index >= 15 is 0 Å². The number of rotatable bonds is 13. The fraction of sp³-hybridized carbons (Fsp3) is 0.650. The van der Waals surface area contributed by atoms with Crippen LogP contribution in [-0.4, -0.2) is 47.7 Å². The van der Waals surface area contributed by atoms with E-state index in [1.165, 1.54) is 16.7 Å². The van der Waals surface area contributed by atoms with E-state index in [-0.39, 0.29) is 45.9 Å². The summed E-state index contributed by atoms with van der Waals surface area (Å²) < 4.78 is 20.2. The molecule has 4 atom stereocenters. The van der Waals surface area contributed by atoms with Gasteiger partial charge in [-0.05, 0) is 61.6 Å². The van der Waals surface area contributed by atoms with Gasteiger partial charge in [-0.25, -0.2) is 0 Å². The van der Waals surface area contributed by atoms with Gasteiger partial charge < -0.3 is 13.6 Å². The van der Waals surface area contributed by atoms with Crippen LogP contribution in [0.3, 0.4) is 0 Å². The van der Waals surface area contributed by atoms with E-state index in [1.807, 2.05) is 19.9 Å². The molecule has 0 N–H and O–H groups in total. The van der Waals surface area contributed by atoms with Crippen LogP contribution in [0.2, 0.25) is 41.3 Å². The number of aryl methyl sites for hydroxylation is 1. The Morgan fingerprint density at radius 2 is 1.67 bits per heavy atom. The van der Waals surface area contributed by atoms with E-state index in [0.717, 1.165) is 23.3 Å². The van der Waals surface area contributed by atoms with Crippen molar-refractivity contribution in [1.82, 2.24) is 0 Å². The Hall–Kier alpha value is -1.74. The highest BCUT2D eigenvalue weighted by Gasteiger charge is 2.57. The number of carbonyl (C=O) groups is 2. The second-order valence-corrected chi connectivity index (χ2v) is 28.3. The van der Waals surface area contributed by atoms with Gasteiger partial charge in [0.2, 0.25) is 0 Å². The first-order valence-corrected chi connectivity index (χ1v) is 24.8. The van der Waals surface area contributed by atoms with Gasteiger partial charge in [0.05, 0.1) is 24.3 Å². The Labute approximate surface area is 308 Å². The van der Waals surface area contributed by atoms with Gasteiger partial charge >= 0.3 is 5.97 Å². The molecule has 0 bridgehead atoms. The van der Waals surface area contributed by atoms with Gasteiger partial charge in [-0.1, -0.05) is 97.3 Å². The van der Waals surface area contributed by atoms with Gasteiger partial charge in [0.25, 0.3) is 0 Å². The number of thiophene rings is 1. The molecule has 0 saturated heterocycles. The van der Waals surface area contributed by atoms with Crippen LogP contribution in [0.4, 0.5) is 0 Å². The first-order valence-electron chi connectivity index (χ1n) is 17.8. The van der Waals surface area contributed by atoms with E-state index in [4.69, 9.17) is 25.2 Å². The predicted octanol–water partition coefficient (Wildman–Crippen LogP) is 11.4. The van der Waals surface area contributed by atoms with E-state index < -0.39 is 22.0 Å². The fourth-order valence-electron chi connectivity index (χ4n) is 5.86. The van der Waals surface area contributed by atoms with Crippen molar-refractivity contribution < 1.29 is 23.2 Å². The molecule has 1 fully saturated rings. The molecule has 0 amide bonds. The highest BCUT2D eigenvalue weighted by Crippen LogP contribution is 2.50. The third-order valence-corrected chi connectivity index (χ3v) is 21.9. The van der Waals surface area contributed by atoms with E-state index in [0.29, 0.717) is 25.7 Å². The zero-order valence-electron chi connectivity index (χ0n) is 32.3. The predicted molar refractivity (Wildman–Crippen MR) is 212 cm³/mol. The van der Waals surface area contributed by atoms with Gasteiger partial charge in [0, 0.05) is 51.5 Å². The Kier molecular flexibility index (Phi) is 13.9. The summed E-state index contributed by atoms with van der Waals surface area (Å²) in [6, 6.07) is 8.31. The van der Waals surface area contributed by atoms with Crippen molar-refractivity contribution >= 4 is 61.4 Å². The van der Waals surface area contributed by atoms with Crippen LogP contribution in [0, 0.1) is 29.1 Å². The lowest BCUT2D eigenvalue weighted by Crippen LogP contribution is -2.48. The summed E-state index contributed by atoms with van der Waals surface area (Å²) in [5.74, 6) is 6.07. The number of Topliss-reactive ketones (excluding diaryl/α,β-unsaturated/α-hetero) is 1. The Bertz CT molecular complexity index is 1550. The summed E-state index contributed by atoms with van der Waals surface area (Å²) >= 11 is 8.65. The zero-order chi connectivity index (χ0) is 37.0. The second kappa shape index (κ2) is 16.3. The number of hydrogen-bond acceptors (Lipinski definition) is 6. The van der Waals surface area contributed by atoms with E-state index in [1.54, 1.807) is 11.3 Å². The molecule has 1 saturated carbocycles. The summed E-state index contributed by atoms with van der Waals surface area (Å²) in [4.78, 5) is 26.9. The largest absolute Gasteiger partial charge is 0.469 e. The van der Waals surface area contributed by atoms with Crippen LogP contribution >= 0.6 is 22.9 Å². The normalized spacial score (nSPS) is 20.9. The van der Waals surface area contributed by atoms with Crippen molar-refractivity contribution in [2.45, 2.75) is 142 Å². The minimum absolute atomic E-state index is 0.00454. The maximum absolute atomic E-state index is 14.2. The first-order chi connectivity index (χ1) is 22.5. The van der Waals surface area contributed by atoms with Gasteiger partial charge in [-0.2, -0.15) is 0 Å². The Morgan fingerprint density at radius 3 is 2.27 bits per heavy atom. The molecule has 49 heavy (non-hydrogen) atoms. The molecule has 0 radical (unpaired) electrons. The van der Waals surface area contributed by atoms with Crippen molar-refractivity contribution in [3.05, 3.63) is 46.3 Å². The number of ketones is 1. The molecule has 5 nitrogen and oxygen atoms in total. The van der Waals surface area contributed by atoms with Crippen molar-refractivity contribution in [2.24, 2.45) is 17.3 Å². The quantitative estimate of drug-likeness (QED) is 0.0672. The van der Waals surface area contributed by atoms with Crippen molar-refractivity contribution in [1.29, 1.82) is 0 Å². The van der Waals surface area contributed by atoms with Gasteiger partial charge in [-0.3, -0.25) is 9.59 Å². The fourth-order valence-corrected chi connectivity index (χ4v) is 10.2. The number of carbonyl (C=O) groups excluding carboxylic acids is 2. The molecule has 9 heteroatoms. The molecule has 3 rings (SSSR count). The van der Waals surface area contributed by atoms with Crippen LogP contribution in [0.5, 0.6) is 0 Å². The summed E-state index contributed by atoms with van der Waals surface area (Å²) in [6.07, 6.45) is 7.67. The maximum atomic E-state index is 14.2. The lowest BCUT2D eigenvalue weighted by molar-refractivity contribution is -0.140. The molecule has 1 aromatic heterocycles. The summed E-state index contributed by atoms with van der Waals surface area (Å²) in [6.45, 7) is 26.7. The molecule has 272 valence electrons. The average molecular weight is 746 g/mol. The maximum Gasteiger partial charge on any atom is 0.305 e. The number of ether oxygens (including phenoxy) is 1. The number of benzene rings is 1. The van der Waals surface area contributed by atoms with Crippen LogP contribution in [-0.2, 0) is 29.6 Å². The molecule has 0 spiro atoms. The third kappa shape index (κ3) is 10.2. The number of halogens is 1. The van der Waals surface area contributed by atoms with Crippen molar-refractivity contribution in [2.75, 3.05) is 7.11 Å². The number of methoxy groups -OCH3 is 1. The third-order valence-electron chi connectivity index (χ3n) is 11.1. The topological polar surface area (TPSA) is 61.8 Å². The Morgan fingerprint density at radius 1 is 1.04 bits per heavy atom. The molecule has 2 aromatic rings. The van der Waals surface area contributed by atoms with Crippen LogP contribution in [0.1, 0.15) is 92.4 Å². The van der Waals surface area contributed by atoms with Crippen LogP contribution in [0.15, 0.2) is 36.4 Å². The van der Waals surface area contributed by atoms with Crippen molar-refractivity contribution in [3.63, 3.8) is 0 Å². The molecule has 1 aliphatic carbocycles. The van der Waals surface area contributed by atoms with Gasteiger partial charge in [0.1, 0.15) is 5.78 Å². The first kappa shape index (κ1) is 41.7. The molecule has 1 aliphatic rings. The lowest BCUT2D eigenvalue weighted by atomic mass is 9.86. The standard InChI is InChI=1S/C40H61ClO5SSi2/c1-38(2,3)48(10,11)45-28(25-27-33-35(41)31-21-18-19-22-32(31)47-33)24-26-30-29(20-16-14-15-17-23-34(42)44-9)36(43)40(7,8)37(30)46-49(12,13)39(4,5)6/h18-19,21-22,24,26,28-30,37H,15,17,20,23,25,27H2,1-13H3/b26-24+/t28?,29-,30-,37+/m1/s1. The van der Waals surface area contributed by atoms with E-state index in [9.17, 15) is 9.59 Å². The minimum Gasteiger partial charge on any atom is -0.469 e. The smallest absolute Gasteiger partial charge is 0.305 e. The summed E-state index contributed by atoms with van der Waals surface area (Å²) in [5.41, 5.74) is -0.665. The number of esters is 1. The zero-order valence-corrected chi connectivity index (χ0v) is 35.9. The average Bonchev–Trinajstić information content (AvgIpc) is 3.40. The molecular weight excluding hydrogens is 684 g/mol. The molecular formula is C40H61ClO5SSi2. The van der Waals surface area contributed by atoms with Crippen molar-refractivity contribution in [3.8, 4) is 11.8 Å². The number of hydrogen-bond donors (Lipinski definition) is 0. The number of unbranched alkanes of at least 4 members (excludes halogenated alkanes) is 1. The monoisotopic (exact) mass is 744 g/mol. The SMILES string of the molecule is COC(=O)CCCC#CC[C@H]1C(=O)C(C)(C)[C@@H](O[Si](C)(C)C(C)(C)C)[C@@H]1/C=C/C(CCc1sc2ccccc2c1Cl)O[Si](C)(C)C(C)(C)C. The number of fused-ring (bicyclic) bond motifs is 1. The molecule has 0 aliphatic heterocycles. The molecule has 1 heterocycles. The van der Waals surface area contributed by atoms with Crippen LogP contribution < -0.4 is 0 Å². The summed E-state index contributed by atoms with van der Waals surface area (Å²) in [5, 5.41) is 1.98. The minimum atomic E-state index is -2.23. The second-order valence-electron chi connectivity index (χ2n) is 17.2. The Balaban J connectivity index is 1.99. The summed E-state index contributed by atoms with van der Waals surface area (Å²) in [7, 11) is -2.97. The van der Waals surface area contributed by atoms with E-state index in [2.05, 4.69) is 110 Å². The highest BCUT2D eigenvalue weighted by atomic mass is 35.5. The van der Waals surface area contributed by atoms with Gasteiger partial charge in [-0.15, -0.1) is 23.2 Å². The van der Waals surface area contributed by atoms with Gasteiger partial charge in [0.15, 0.2) is 16.6 Å². The molecule has 1 aromatic carbocycles.